The van der Waals surface area contributed by atoms with E-state index in [0.29, 0.717) is 0 Å². The van der Waals surface area contributed by atoms with Gasteiger partial charge in [-0.2, -0.15) is 0 Å². The zero-order valence-electron chi connectivity index (χ0n) is 12.3. The van der Waals surface area contributed by atoms with Crippen LogP contribution in [-0.2, 0) is 0 Å². The molecule has 3 rings (SSSR count). The highest BCUT2D eigenvalue weighted by molar-refractivity contribution is 14.1. The van der Waals surface area contributed by atoms with E-state index >= 15 is 0 Å². The van der Waals surface area contributed by atoms with Gasteiger partial charge in [-0.1, -0.05) is 18.2 Å². The van der Waals surface area contributed by atoms with Gasteiger partial charge in [0.2, 0.25) is 0 Å². The minimum absolute atomic E-state index is 0.747. The second-order valence-corrected chi connectivity index (χ2v) is 5.94. The van der Waals surface area contributed by atoms with Crippen molar-refractivity contribution in [2.45, 2.75) is 0 Å². The molecule has 0 fully saturated rings. The average Bonchev–Trinajstić information content (AvgIpc) is 3.04. The number of nitrogens with zero attached hydrogens (tertiary/aromatic N) is 1. The Hall–Kier alpha value is -2.02. The molecule has 2 aromatic carbocycles. The lowest BCUT2D eigenvalue weighted by Crippen LogP contribution is -1.93. The topological polar surface area (TPSA) is 47.1 Å². The van der Waals surface area contributed by atoms with Gasteiger partial charge in [0.15, 0.2) is 0 Å². The van der Waals surface area contributed by atoms with E-state index in [1.807, 2.05) is 30.3 Å². The maximum Gasteiger partial charge on any atom is 0.137 e. The van der Waals surface area contributed by atoms with E-state index in [9.17, 15) is 0 Å². The van der Waals surface area contributed by atoms with Crippen molar-refractivity contribution in [1.29, 1.82) is 0 Å². The molecule has 1 N–H and O–H groups in total. The Labute approximate surface area is 142 Å². The number of rotatable bonds is 4. The number of H-pyrrole nitrogens is 1. The smallest absolute Gasteiger partial charge is 0.137 e. The van der Waals surface area contributed by atoms with E-state index in [1.54, 1.807) is 20.4 Å². The number of aromatic nitrogens is 2. The van der Waals surface area contributed by atoms with Gasteiger partial charge in [-0.25, -0.2) is 4.98 Å². The molecule has 0 saturated heterocycles. The number of hydrogen-bond acceptors (Lipinski definition) is 3. The van der Waals surface area contributed by atoms with Crippen LogP contribution in [0.25, 0.3) is 22.6 Å². The van der Waals surface area contributed by atoms with Crippen molar-refractivity contribution in [2.75, 3.05) is 14.2 Å². The summed E-state index contributed by atoms with van der Waals surface area (Å²) in [7, 11) is 3.30. The Kier molecular flexibility index (Phi) is 4.33. The minimum Gasteiger partial charge on any atom is -0.496 e. The van der Waals surface area contributed by atoms with Gasteiger partial charge < -0.3 is 14.5 Å². The summed E-state index contributed by atoms with van der Waals surface area (Å²) in [6, 6.07) is 13.9. The molecule has 3 aromatic rings. The molecule has 0 saturated carbocycles. The molecule has 0 amide bonds. The van der Waals surface area contributed by atoms with E-state index < -0.39 is 0 Å². The summed E-state index contributed by atoms with van der Waals surface area (Å²) >= 11 is 2.29. The average molecular weight is 406 g/mol. The zero-order chi connectivity index (χ0) is 15.5. The lowest BCUT2D eigenvalue weighted by atomic mass is 10.1. The van der Waals surface area contributed by atoms with Crippen LogP contribution < -0.4 is 9.47 Å². The van der Waals surface area contributed by atoms with Crippen molar-refractivity contribution in [3.8, 4) is 34.1 Å². The van der Waals surface area contributed by atoms with Crippen molar-refractivity contribution in [3.63, 3.8) is 0 Å². The van der Waals surface area contributed by atoms with Crippen LogP contribution in [0.5, 0.6) is 11.5 Å². The van der Waals surface area contributed by atoms with Crippen LogP contribution in [0, 0.1) is 3.57 Å². The summed E-state index contributed by atoms with van der Waals surface area (Å²) in [6.07, 6.45) is 1.80. The van der Waals surface area contributed by atoms with Crippen LogP contribution in [0.4, 0.5) is 0 Å². The fraction of sp³-hybridized carbons (Fsp3) is 0.118. The number of halogens is 1. The summed E-state index contributed by atoms with van der Waals surface area (Å²) in [5.74, 6) is 2.31. The number of ether oxygens (including phenoxy) is 2. The third-order valence-electron chi connectivity index (χ3n) is 3.39. The van der Waals surface area contributed by atoms with Crippen LogP contribution in [0.2, 0.25) is 0 Å². The quantitative estimate of drug-likeness (QED) is 0.655. The van der Waals surface area contributed by atoms with Crippen molar-refractivity contribution >= 4 is 22.6 Å². The summed E-state index contributed by atoms with van der Waals surface area (Å²) in [4.78, 5) is 7.82. The monoisotopic (exact) mass is 406 g/mol. The molecule has 4 nitrogen and oxygen atoms in total. The van der Waals surface area contributed by atoms with E-state index in [0.717, 1.165) is 34.1 Å². The number of methoxy groups -OCH3 is 2. The Morgan fingerprint density at radius 3 is 2.18 bits per heavy atom. The zero-order valence-corrected chi connectivity index (χ0v) is 14.4. The highest BCUT2D eigenvalue weighted by Gasteiger charge is 2.15. The first-order valence-electron chi connectivity index (χ1n) is 6.75. The highest BCUT2D eigenvalue weighted by Crippen LogP contribution is 2.37. The van der Waals surface area contributed by atoms with Gasteiger partial charge in [-0.15, -0.1) is 0 Å². The lowest BCUT2D eigenvalue weighted by molar-refractivity contribution is 0.397. The van der Waals surface area contributed by atoms with Crippen LogP contribution in [0.15, 0.2) is 48.7 Å². The lowest BCUT2D eigenvalue weighted by Gasteiger charge is -2.11. The molecule has 0 unspecified atom stereocenters. The third kappa shape index (κ3) is 2.81. The number of benzene rings is 2. The van der Waals surface area contributed by atoms with E-state index in [1.165, 1.54) is 3.57 Å². The first-order chi connectivity index (χ1) is 10.7. The van der Waals surface area contributed by atoms with Gasteiger partial charge >= 0.3 is 0 Å². The molecule has 22 heavy (non-hydrogen) atoms. The maximum atomic E-state index is 5.44. The predicted octanol–water partition coefficient (Wildman–Crippen LogP) is 4.37. The maximum absolute atomic E-state index is 5.44. The molecule has 0 aliphatic rings. The van der Waals surface area contributed by atoms with E-state index in [-0.39, 0.29) is 0 Å². The van der Waals surface area contributed by atoms with Crippen LogP contribution in [-0.4, -0.2) is 24.2 Å². The Morgan fingerprint density at radius 1 is 0.955 bits per heavy atom. The first kappa shape index (κ1) is 14.9. The first-order valence-corrected chi connectivity index (χ1v) is 7.83. The second kappa shape index (κ2) is 6.39. The van der Waals surface area contributed by atoms with Crippen LogP contribution in [0.1, 0.15) is 0 Å². The predicted molar refractivity (Wildman–Crippen MR) is 95.3 cm³/mol. The summed E-state index contributed by atoms with van der Waals surface area (Å²) < 4.78 is 12.1. The third-order valence-corrected chi connectivity index (χ3v) is 4.11. The number of hydrogen-bond donors (Lipinski definition) is 1. The number of nitrogens with one attached hydrogen (secondary N) is 1. The van der Waals surface area contributed by atoms with Crippen molar-refractivity contribution in [1.82, 2.24) is 9.97 Å². The molecule has 112 valence electrons. The SMILES string of the molecule is COc1cccc(OC)c1-c1cnc(-c2ccc(I)cc2)[nH]1. The largest absolute Gasteiger partial charge is 0.496 e. The van der Waals surface area contributed by atoms with Gasteiger partial charge in [-0.05, 0) is 46.9 Å². The molecule has 0 spiro atoms. The molecular weight excluding hydrogens is 391 g/mol. The summed E-state index contributed by atoms with van der Waals surface area (Å²) in [5, 5.41) is 0. The molecular formula is C17H15IN2O2. The number of imidazole rings is 1. The fourth-order valence-electron chi connectivity index (χ4n) is 2.32. The minimum atomic E-state index is 0.747. The van der Waals surface area contributed by atoms with Crippen LogP contribution >= 0.6 is 22.6 Å². The number of aromatic amines is 1. The molecule has 0 bridgehead atoms. The molecule has 0 aliphatic heterocycles. The molecule has 1 heterocycles. The fourth-order valence-corrected chi connectivity index (χ4v) is 2.68. The van der Waals surface area contributed by atoms with Gasteiger partial charge in [0, 0.05) is 9.13 Å². The van der Waals surface area contributed by atoms with Crippen molar-refractivity contribution < 1.29 is 9.47 Å². The van der Waals surface area contributed by atoms with Gasteiger partial charge in [0.25, 0.3) is 0 Å². The highest BCUT2D eigenvalue weighted by atomic mass is 127. The molecule has 0 aliphatic carbocycles. The molecule has 5 heteroatoms. The summed E-state index contributed by atoms with van der Waals surface area (Å²) in [6.45, 7) is 0. The van der Waals surface area contributed by atoms with Crippen LogP contribution in [0.3, 0.4) is 0 Å². The standard InChI is InChI=1S/C17H15IN2O2/c1-21-14-4-3-5-15(22-2)16(14)13-10-19-17(20-13)11-6-8-12(18)9-7-11/h3-10H,1-2H3,(H,19,20). The Bertz CT molecular complexity index is 759. The van der Waals surface area contributed by atoms with Crippen molar-refractivity contribution in [3.05, 3.63) is 52.2 Å². The second-order valence-electron chi connectivity index (χ2n) is 4.69. The van der Waals surface area contributed by atoms with Crippen molar-refractivity contribution in [2.24, 2.45) is 0 Å². The normalized spacial score (nSPS) is 10.5. The Balaban J connectivity index is 2.06. The van der Waals surface area contributed by atoms with Gasteiger partial charge in [-0.3, -0.25) is 0 Å². The molecule has 1 aromatic heterocycles. The van der Waals surface area contributed by atoms with E-state index in [2.05, 4.69) is 44.7 Å². The summed E-state index contributed by atoms with van der Waals surface area (Å²) in [5.41, 5.74) is 2.78. The molecule has 0 atom stereocenters. The van der Waals surface area contributed by atoms with Gasteiger partial charge in [0.1, 0.15) is 17.3 Å². The Morgan fingerprint density at radius 2 is 1.59 bits per heavy atom. The van der Waals surface area contributed by atoms with E-state index in [4.69, 9.17) is 9.47 Å². The van der Waals surface area contributed by atoms with Gasteiger partial charge in [0.05, 0.1) is 31.7 Å². The molecule has 0 radical (unpaired) electrons.